The van der Waals surface area contributed by atoms with Crippen LogP contribution in [0.15, 0.2) is 55.3 Å². The maximum absolute atomic E-state index is 12.6. The van der Waals surface area contributed by atoms with Gasteiger partial charge in [-0.3, -0.25) is 9.59 Å². The van der Waals surface area contributed by atoms with Gasteiger partial charge in [0.2, 0.25) is 5.91 Å². The molecule has 6 heteroatoms. The molecule has 6 nitrogen and oxygen atoms in total. The summed E-state index contributed by atoms with van der Waals surface area (Å²) in [6, 6.07) is 11.4. The fourth-order valence-electron chi connectivity index (χ4n) is 3.00. The average Bonchev–Trinajstić information content (AvgIpc) is 3.02. The smallest absolute Gasteiger partial charge is 0.253 e. The molecule has 1 aromatic carbocycles. The van der Waals surface area contributed by atoms with Gasteiger partial charge in [0.25, 0.3) is 5.91 Å². The molecule has 1 fully saturated rings. The first-order chi connectivity index (χ1) is 13.1. The van der Waals surface area contributed by atoms with Crippen LogP contribution in [0.1, 0.15) is 27.9 Å². The lowest BCUT2D eigenvalue weighted by molar-refractivity contribution is -0.128. The average molecular weight is 364 g/mol. The van der Waals surface area contributed by atoms with E-state index in [0.717, 1.165) is 12.0 Å². The van der Waals surface area contributed by atoms with Crippen molar-refractivity contribution in [1.82, 2.24) is 15.2 Å². The summed E-state index contributed by atoms with van der Waals surface area (Å²) in [7, 11) is 0. The van der Waals surface area contributed by atoms with Crippen molar-refractivity contribution in [3.05, 3.63) is 71.9 Å². The molecule has 1 atom stereocenters. The fraction of sp³-hybridized carbons (Fsp3) is 0.286. The minimum Gasteiger partial charge on any atom is -0.358 e. The number of hydrogen-bond acceptors (Lipinski definition) is 4. The summed E-state index contributed by atoms with van der Waals surface area (Å²) in [4.78, 5) is 30.6. The molecule has 0 bridgehead atoms. The molecular weight excluding hydrogens is 340 g/mol. The molecule has 2 heterocycles. The summed E-state index contributed by atoms with van der Waals surface area (Å²) in [5.74, 6) is 0.464. The van der Waals surface area contributed by atoms with Gasteiger partial charge in [-0.25, -0.2) is 4.98 Å². The minimum absolute atomic E-state index is 0.0742. The number of nitrogens with one attached hydrogen (secondary N) is 2. The van der Waals surface area contributed by atoms with E-state index >= 15 is 0 Å². The van der Waals surface area contributed by atoms with E-state index in [-0.39, 0.29) is 17.9 Å². The Bertz CT molecular complexity index is 815. The largest absolute Gasteiger partial charge is 0.358 e. The zero-order chi connectivity index (χ0) is 19.2. The van der Waals surface area contributed by atoms with Crippen molar-refractivity contribution in [1.29, 1.82) is 0 Å². The Kier molecular flexibility index (Phi) is 5.86. The molecule has 1 saturated heterocycles. The fourth-order valence-corrected chi connectivity index (χ4v) is 3.00. The first-order valence-corrected chi connectivity index (χ1v) is 9.03. The Labute approximate surface area is 159 Å². The number of aryl methyl sites for hydroxylation is 1. The summed E-state index contributed by atoms with van der Waals surface area (Å²) in [6.45, 7) is 7.35. The van der Waals surface area contributed by atoms with Gasteiger partial charge in [0.05, 0.1) is 5.56 Å². The predicted octanol–water partition coefficient (Wildman–Crippen LogP) is 2.52. The molecule has 140 valence electrons. The van der Waals surface area contributed by atoms with Crippen LogP contribution in [0, 0.1) is 6.92 Å². The van der Waals surface area contributed by atoms with Gasteiger partial charge in [0.1, 0.15) is 11.9 Å². The van der Waals surface area contributed by atoms with Gasteiger partial charge < -0.3 is 15.5 Å². The number of amides is 2. The van der Waals surface area contributed by atoms with E-state index in [1.54, 1.807) is 18.2 Å². The number of anilines is 1. The van der Waals surface area contributed by atoms with Crippen molar-refractivity contribution < 1.29 is 9.59 Å². The van der Waals surface area contributed by atoms with Crippen LogP contribution in [-0.4, -0.2) is 40.8 Å². The van der Waals surface area contributed by atoms with Crippen LogP contribution in [0.4, 0.5) is 5.82 Å². The monoisotopic (exact) mass is 364 g/mol. The number of benzene rings is 1. The van der Waals surface area contributed by atoms with E-state index in [9.17, 15) is 9.59 Å². The first-order valence-electron chi connectivity index (χ1n) is 9.03. The summed E-state index contributed by atoms with van der Waals surface area (Å²) in [5.41, 5.74) is 2.81. The normalized spacial score (nSPS) is 16.3. The van der Waals surface area contributed by atoms with Crippen LogP contribution in [0.3, 0.4) is 0 Å². The number of rotatable bonds is 7. The van der Waals surface area contributed by atoms with Crippen molar-refractivity contribution in [3.63, 3.8) is 0 Å². The Morgan fingerprint density at radius 2 is 2.07 bits per heavy atom. The Morgan fingerprint density at radius 1 is 1.30 bits per heavy atom. The van der Waals surface area contributed by atoms with Gasteiger partial charge in [-0.15, -0.1) is 6.58 Å². The van der Waals surface area contributed by atoms with E-state index < -0.39 is 0 Å². The predicted molar refractivity (Wildman–Crippen MR) is 105 cm³/mol. The zero-order valence-electron chi connectivity index (χ0n) is 15.4. The molecule has 1 aliphatic heterocycles. The number of pyridine rings is 1. The van der Waals surface area contributed by atoms with Crippen LogP contribution in [0.5, 0.6) is 0 Å². The molecule has 2 amide bonds. The van der Waals surface area contributed by atoms with Gasteiger partial charge in [-0.2, -0.15) is 0 Å². The van der Waals surface area contributed by atoms with Crippen LogP contribution in [0.2, 0.25) is 0 Å². The van der Waals surface area contributed by atoms with Gasteiger partial charge in [0.15, 0.2) is 0 Å². The lowest BCUT2D eigenvalue weighted by Crippen LogP contribution is -2.33. The Hall–Kier alpha value is -3.15. The molecular formula is C21H24N4O2. The number of carbonyl (C=O) groups excluding carboxylic acids is 2. The van der Waals surface area contributed by atoms with E-state index in [1.807, 2.05) is 11.8 Å². The van der Waals surface area contributed by atoms with Gasteiger partial charge >= 0.3 is 0 Å². The van der Waals surface area contributed by atoms with Crippen LogP contribution in [-0.2, 0) is 11.3 Å². The number of aromatic nitrogens is 1. The molecule has 0 saturated carbocycles. The maximum Gasteiger partial charge on any atom is 0.253 e. The molecule has 1 aliphatic rings. The lowest BCUT2D eigenvalue weighted by Gasteiger charge is -2.17. The van der Waals surface area contributed by atoms with Crippen molar-refractivity contribution in [3.8, 4) is 0 Å². The third-order valence-corrected chi connectivity index (χ3v) is 4.55. The van der Waals surface area contributed by atoms with E-state index in [4.69, 9.17) is 0 Å². The van der Waals surface area contributed by atoms with Gasteiger partial charge in [-0.05, 0) is 31.0 Å². The van der Waals surface area contributed by atoms with Crippen molar-refractivity contribution in [2.75, 3.05) is 18.4 Å². The van der Waals surface area contributed by atoms with Crippen molar-refractivity contribution in [2.24, 2.45) is 0 Å². The number of nitrogens with zero attached hydrogens (tertiary/aromatic N) is 2. The SMILES string of the molecule is C=CCNC(=O)c1ccc(NC2CCN(Cc3ccc(C)cc3)C2=O)nc1. The Balaban J connectivity index is 1.56. The molecule has 2 aromatic rings. The lowest BCUT2D eigenvalue weighted by atomic mass is 10.1. The second-order valence-corrected chi connectivity index (χ2v) is 6.66. The molecule has 0 spiro atoms. The van der Waals surface area contributed by atoms with Crippen LogP contribution >= 0.6 is 0 Å². The van der Waals surface area contributed by atoms with E-state index in [0.29, 0.717) is 31.0 Å². The van der Waals surface area contributed by atoms with Crippen molar-refractivity contribution in [2.45, 2.75) is 25.9 Å². The standard InChI is InChI=1S/C21H24N4O2/c1-3-11-22-20(26)17-8-9-19(23-13-17)24-18-10-12-25(21(18)27)14-16-6-4-15(2)5-7-16/h3-9,13,18H,1,10-12,14H2,2H3,(H,22,26)(H,23,24). The summed E-state index contributed by atoms with van der Waals surface area (Å²) in [5, 5.41) is 5.88. The van der Waals surface area contributed by atoms with E-state index in [1.165, 1.54) is 11.8 Å². The highest BCUT2D eigenvalue weighted by molar-refractivity contribution is 5.94. The van der Waals surface area contributed by atoms with Crippen LogP contribution in [0.25, 0.3) is 0 Å². The zero-order valence-corrected chi connectivity index (χ0v) is 15.4. The number of likely N-dealkylation sites (tertiary alicyclic amines) is 1. The molecule has 3 rings (SSSR count). The van der Waals surface area contributed by atoms with Gasteiger partial charge in [-0.1, -0.05) is 35.9 Å². The highest BCUT2D eigenvalue weighted by atomic mass is 16.2. The second-order valence-electron chi connectivity index (χ2n) is 6.66. The van der Waals surface area contributed by atoms with E-state index in [2.05, 4.69) is 46.5 Å². The molecule has 2 N–H and O–H groups in total. The molecule has 1 unspecified atom stereocenters. The highest BCUT2D eigenvalue weighted by Gasteiger charge is 2.31. The third kappa shape index (κ3) is 4.73. The summed E-state index contributed by atoms with van der Waals surface area (Å²) >= 11 is 0. The quantitative estimate of drug-likeness (QED) is 0.741. The number of carbonyl (C=O) groups is 2. The molecule has 27 heavy (non-hydrogen) atoms. The third-order valence-electron chi connectivity index (χ3n) is 4.55. The molecule has 0 radical (unpaired) electrons. The minimum atomic E-state index is -0.289. The second kappa shape index (κ2) is 8.49. The number of hydrogen-bond donors (Lipinski definition) is 2. The topological polar surface area (TPSA) is 74.3 Å². The maximum atomic E-state index is 12.6. The summed E-state index contributed by atoms with van der Waals surface area (Å²) in [6.07, 6.45) is 3.85. The van der Waals surface area contributed by atoms with Crippen molar-refractivity contribution >= 4 is 17.6 Å². The van der Waals surface area contributed by atoms with Gasteiger partial charge in [0, 0.05) is 25.8 Å². The van der Waals surface area contributed by atoms with Crippen LogP contribution < -0.4 is 10.6 Å². The molecule has 0 aliphatic carbocycles. The summed E-state index contributed by atoms with van der Waals surface area (Å²) < 4.78 is 0. The first kappa shape index (κ1) is 18.6. The highest BCUT2D eigenvalue weighted by Crippen LogP contribution is 2.19. The molecule has 1 aromatic heterocycles. The Morgan fingerprint density at radius 3 is 2.74 bits per heavy atom.